The van der Waals surface area contributed by atoms with Gasteiger partial charge >= 0.3 is 0 Å². The molecule has 2 fully saturated rings. The summed E-state index contributed by atoms with van der Waals surface area (Å²) in [6, 6.07) is 0. The Morgan fingerprint density at radius 3 is 1.89 bits per heavy atom. The molecule has 2 saturated heterocycles. The average molecular weight is 610 g/mol. The van der Waals surface area contributed by atoms with Crippen LogP contribution in [0.1, 0.15) is 145 Å². The minimum Gasteiger partial charge on any atom is -0.356 e. The molecule has 4 atom stereocenters. The zero-order valence-electron chi connectivity index (χ0n) is 28.1. The molecule has 3 aliphatic carbocycles. The van der Waals surface area contributed by atoms with Gasteiger partial charge in [0, 0.05) is 47.0 Å². The second-order valence-corrected chi connectivity index (χ2v) is 15.7. The predicted molar refractivity (Wildman–Crippen MR) is 178 cm³/mol. The van der Waals surface area contributed by atoms with E-state index in [1.807, 2.05) is 0 Å². The minimum atomic E-state index is -0.0439. The molecule has 0 spiro atoms. The molecule has 0 radical (unpaired) electrons. The number of hydrogen-bond acceptors (Lipinski definition) is 5. The summed E-state index contributed by atoms with van der Waals surface area (Å²) in [5.74, 6) is 0.455. The maximum atomic E-state index is 6.46. The molecule has 7 nitrogen and oxygen atoms in total. The summed E-state index contributed by atoms with van der Waals surface area (Å²) in [7, 11) is 0. The Bertz CT molecular complexity index is 1600. The maximum Gasteiger partial charge on any atom is 0.150 e. The SMILES string of the molecule is CC1C(c2c3c(nn2C2CCCCO2)C(C)(C)CCC3)=NC(c2c3c(nn2C2CCCCO2)C(C)(C)CCC3)=C2C=CC=CC21. The zero-order chi connectivity index (χ0) is 30.9. The average Bonchev–Trinajstić information content (AvgIpc) is 3.64. The Hall–Kier alpha value is -2.77. The molecular formula is C38H51N5O2. The Kier molecular flexibility index (Phi) is 7.36. The van der Waals surface area contributed by atoms with E-state index in [0.29, 0.717) is 0 Å². The van der Waals surface area contributed by atoms with E-state index in [-0.39, 0.29) is 35.1 Å². The molecule has 45 heavy (non-hydrogen) atoms. The third-order valence-electron chi connectivity index (χ3n) is 11.6. The number of aliphatic imine (C=N–C) groups is 1. The first-order valence-corrected chi connectivity index (χ1v) is 17.9. The lowest BCUT2D eigenvalue weighted by molar-refractivity contribution is -0.0403. The van der Waals surface area contributed by atoms with Gasteiger partial charge in [0.25, 0.3) is 0 Å². The standard InChI is InChI=1S/C38H51N5O2/c1-24-25-14-6-7-15-26(25)32(34-28-17-13-21-38(4,5)36(28)41-43(34)30-19-9-11-23-45-30)39-31(24)33-27-16-12-20-37(2,3)35(27)40-42(33)29-18-8-10-22-44-29/h6-7,14-15,24-25,29-30H,8-13,16-23H2,1-5H3. The molecule has 2 aromatic rings. The van der Waals surface area contributed by atoms with Crippen molar-refractivity contribution in [2.75, 3.05) is 13.2 Å². The lowest BCUT2D eigenvalue weighted by Crippen LogP contribution is -2.32. The molecule has 8 rings (SSSR count). The molecule has 3 aliphatic heterocycles. The number of ether oxygens (including phenoxy) is 2. The first-order valence-electron chi connectivity index (χ1n) is 17.9. The van der Waals surface area contributed by atoms with Crippen LogP contribution in [0.3, 0.4) is 0 Å². The third kappa shape index (κ3) is 4.86. The van der Waals surface area contributed by atoms with Crippen molar-refractivity contribution in [2.45, 2.75) is 135 Å². The van der Waals surface area contributed by atoms with Gasteiger partial charge in [-0.3, -0.25) is 0 Å². The minimum absolute atomic E-state index is 0.0320. The van der Waals surface area contributed by atoms with Crippen LogP contribution in [0.25, 0.3) is 5.70 Å². The Morgan fingerprint density at radius 1 is 0.733 bits per heavy atom. The molecule has 0 N–H and O–H groups in total. The first-order chi connectivity index (χ1) is 21.7. The van der Waals surface area contributed by atoms with Crippen molar-refractivity contribution in [1.29, 1.82) is 0 Å². The fraction of sp³-hybridized carbons (Fsp3) is 0.658. The Labute approximate surface area is 268 Å². The highest BCUT2D eigenvalue weighted by Gasteiger charge is 2.43. The van der Waals surface area contributed by atoms with Crippen LogP contribution in [0.5, 0.6) is 0 Å². The monoisotopic (exact) mass is 609 g/mol. The van der Waals surface area contributed by atoms with Crippen LogP contribution < -0.4 is 0 Å². The van der Waals surface area contributed by atoms with E-state index in [0.717, 1.165) is 70.3 Å². The van der Waals surface area contributed by atoms with Crippen molar-refractivity contribution < 1.29 is 9.47 Å². The Morgan fingerprint density at radius 2 is 1.31 bits per heavy atom. The van der Waals surface area contributed by atoms with Crippen molar-refractivity contribution in [3.05, 3.63) is 63.8 Å². The fourth-order valence-electron chi connectivity index (χ4n) is 9.07. The molecule has 240 valence electrons. The molecule has 0 saturated carbocycles. The van der Waals surface area contributed by atoms with Crippen molar-refractivity contribution in [1.82, 2.24) is 19.6 Å². The van der Waals surface area contributed by atoms with Gasteiger partial charge in [0.1, 0.15) is 0 Å². The summed E-state index contributed by atoms with van der Waals surface area (Å²) in [4.78, 5) is 5.83. The number of hydrogen-bond donors (Lipinski definition) is 0. The quantitative estimate of drug-likeness (QED) is 0.350. The number of fused-ring (bicyclic) bond motifs is 3. The number of rotatable bonds is 4. The molecule has 4 unspecified atom stereocenters. The van der Waals surface area contributed by atoms with Crippen molar-refractivity contribution in [3.8, 4) is 0 Å². The van der Waals surface area contributed by atoms with Crippen LogP contribution in [-0.4, -0.2) is 38.5 Å². The van der Waals surface area contributed by atoms with Crippen LogP contribution in [0.15, 0.2) is 34.9 Å². The van der Waals surface area contributed by atoms with Gasteiger partial charge in [-0.2, -0.15) is 10.2 Å². The summed E-state index contributed by atoms with van der Waals surface area (Å²) in [5, 5.41) is 10.9. The molecule has 0 bridgehead atoms. The van der Waals surface area contributed by atoms with E-state index in [4.69, 9.17) is 24.7 Å². The van der Waals surface area contributed by atoms with E-state index >= 15 is 0 Å². The number of nitrogens with zero attached hydrogens (tertiary/aromatic N) is 5. The highest BCUT2D eigenvalue weighted by atomic mass is 16.5. The summed E-state index contributed by atoms with van der Waals surface area (Å²) in [6.45, 7) is 13.4. The van der Waals surface area contributed by atoms with E-state index in [1.165, 1.54) is 70.9 Å². The first kappa shape index (κ1) is 29.6. The predicted octanol–water partition coefficient (Wildman–Crippen LogP) is 8.30. The van der Waals surface area contributed by atoms with Crippen LogP contribution >= 0.6 is 0 Å². The third-order valence-corrected chi connectivity index (χ3v) is 11.6. The summed E-state index contributed by atoms with van der Waals surface area (Å²) in [6.07, 6.45) is 22.4. The summed E-state index contributed by atoms with van der Waals surface area (Å²) in [5.41, 5.74) is 11.4. The van der Waals surface area contributed by atoms with E-state index in [2.05, 4.69) is 68.3 Å². The highest BCUT2D eigenvalue weighted by molar-refractivity contribution is 6.07. The van der Waals surface area contributed by atoms with Crippen molar-refractivity contribution >= 4 is 11.4 Å². The van der Waals surface area contributed by atoms with Gasteiger partial charge < -0.3 is 9.47 Å². The molecule has 2 aromatic heterocycles. The van der Waals surface area contributed by atoms with Crippen molar-refractivity contribution in [3.63, 3.8) is 0 Å². The fourth-order valence-corrected chi connectivity index (χ4v) is 9.07. The smallest absolute Gasteiger partial charge is 0.150 e. The van der Waals surface area contributed by atoms with E-state index in [1.54, 1.807) is 0 Å². The van der Waals surface area contributed by atoms with Gasteiger partial charge in [0.05, 0.1) is 34.2 Å². The van der Waals surface area contributed by atoms with Gasteiger partial charge in [-0.25, -0.2) is 14.4 Å². The van der Waals surface area contributed by atoms with E-state index < -0.39 is 0 Å². The lowest BCUT2D eigenvalue weighted by atomic mass is 9.72. The molecule has 5 heterocycles. The maximum absolute atomic E-state index is 6.46. The Balaban J connectivity index is 1.37. The van der Waals surface area contributed by atoms with Gasteiger partial charge in [0.2, 0.25) is 0 Å². The van der Waals surface area contributed by atoms with Crippen LogP contribution in [0.4, 0.5) is 0 Å². The number of aromatic nitrogens is 4. The normalized spacial score (nSPS) is 30.5. The molecule has 7 heteroatoms. The molecule has 0 amide bonds. The van der Waals surface area contributed by atoms with Crippen LogP contribution in [0.2, 0.25) is 0 Å². The second kappa shape index (κ2) is 11.2. The van der Waals surface area contributed by atoms with Crippen LogP contribution in [-0.2, 0) is 33.1 Å². The molecule has 6 aliphatic rings. The topological polar surface area (TPSA) is 66.5 Å². The lowest BCUT2D eigenvalue weighted by Gasteiger charge is -2.35. The molecule has 0 aromatic carbocycles. The molecular weight excluding hydrogens is 558 g/mol. The second-order valence-electron chi connectivity index (χ2n) is 15.7. The summed E-state index contributed by atoms with van der Waals surface area (Å²) >= 11 is 0. The van der Waals surface area contributed by atoms with Gasteiger partial charge in [-0.1, -0.05) is 58.9 Å². The summed E-state index contributed by atoms with van der Waals surface area (Å²) < 4.78 is 17.5. The van der Waals surface area contributed by atoms with Crippen LogP contribution in [0, 0.1) is 11.8 Å². The largest absolute Gasteiger partial charge is 0.356 e. The zero-order valence-corrected chi connectivity index (χ0v) is 28.1. The van der Waals surface area contributed by atoms with Crippen molar-refractivity contribution in [2.24, 2.45) is 16.8 Å². The van der Waals surface area contributed by atoms with Gasteiger partial charge in [-0.05, 0) is 82.6 Å². The van der Waals surface area contributed by atoms with E-state index in [9.17, 15) is 0 Å². The van der Waals surface area contributed by atoms with Gasteiger partial charge in [0.15, 0.2) is 12.5 Å². The number of allylic oxidation sites excluding steroid dienone is 5. The highest BCUT2D eigenvalue weighted by Crippen LogP contribution is 2.48. The van der Waals surface area contributed by atoms with Gasteiger partial charge in [-0.15, -0.1) is 0 Å².